The van der Waals surface area contributed by atoms with Gasteiger partial charge in [0.25, 0.3) is 0 Å². The van der Waals surface area contributed by atoms with Crippen molar-refractivity contribution in [1.29, 1.82) is 0 Å². The van der Waals surface area contributed by atoms with Gasteiger partial charge < -0.3 is 14.4 Å². The quantitative estimate of drug-likeness (QED) is 0.555. The van der Waals surface area contributed by atoms with Crippen LogP contribution in [0.1, 0.15) is 68.3 Å². The zero-order valence-corrected chi connectivity index (χ0v) is 19.0. The van der Waals surface area contributed by atoms with Crippen molar-refractivity contribution in [3.05, 3.63) is 70.9 Å². The number of carbonyl (C=O) groups is 1. The molecular weight excluding hydrogens is 386 g/mol. The lowest BCUT2D eigenvalue weighted by Gasteiger charge is -2.40. The van der Waals surface area contributed by atoms with Crippen LogP contribution >= 0.6 is 0 Å². The van der Waals surface area contributed by atoms with Gasteiger partial charge in [-0.25, -0.2) is 0 Å². The van der Waals surface area contributed by atoms with E-state index in [4.69, 9.17) is 4.74 Å². The summed E-state index contributed by atoms with van der Waals surface area (Å²) in [6.45, 7) is 9.86. The fourth-order valence-electron chi connectivity index (χ4n) is 6.08. The maximum absolute atomic E-state index is 13.9. The molecule has 0 unspecified atom stereocenters. The Labute approximate surface area is 183 Å². The summed E-state index contributed by atoms with van der Waals surface area (Å²) in [4.78, 5) is 13.9. The highest BCUT2D eigenvalue weighted by Crippen LogP contribution is 2.67. The molecule has 1 saturated carbocycles. The first-order valence-corrected chi connectivity index (χ1v) is 11.2. The number of aliphatic hydroxyl groups is 1. The standard InChI is InChI=1S/C27H31NO3/c1-17-11-13-19(14-12-17)22-23-18(2)20-9-6-7-10-21(20)28(23)27(30)16-8-15-26(22,27)24(29)31-25(3,4)5/h6-7,9-14,22,30H,8,15-16H2,1-5H3/t22-,26-,27+/m0/s1. The second-order valence-corrected chi connectivity index (χ2v) is 10.3. The Bertz CT molecular complexity index is 1180. The van der Waals surface area contributed by atoms with Gasteiger partial charge in [-0.15, -0.1) is 0 Å². The molecule has 1 aliphatic heterocycles. The third-order valence-electron chi connectivity index (χ3n) is 7.30. The van der Waals surface area contributed by atoms with Crippen molar-refractivity contribution in [3.63, 3.8) is 0 Å². The van der Waals surface area contributed by atoms with E-state index in [-0.39, 0.29) is 11.9 Å². The van der Waals surface area contributed by atoms with E-state index in [0.29, 0.717) is 12.8 Å². The average Bonchev–Trinajstić information content (AvgIpc) is 3.26. The van der Waals surface area contributed by atoms with Crippen molar-refractivity contribution < 1.29 is 14.6 Å². The van der Waals surface area contributed by atoms with E-state index in [1.54, 1.807) is 0 Å². The Morgan fingerprint density at radius 3 is 2.42 bits per heavy atom. The Hall–Kier alpha value is -2.59. The first-order chi connectivity index (χ1) is 14.6. The molecule has 2 heterocycles. The van der Waals surface area contributed by atoms with Crippen LogP contribution in [0.25, 0.3) is 10.9 Å². The van der Waals surface area contributed by atoms with Gasteiger partial charge in [-0.1, -0.05) is 48.0 Å². The van der Waals surface area contributed by atoms with Crippen molar-refractivity contribution >= 4 is 16.9 Å². The number of esters is 1. The number of para-hydroxylation sites is 1. The number of aromatic nitrogens is 1. The molecule has 1 N–H and O–H groups in total. The van der Waals surface area contributed by atoms with Crippen molar-refractivity contribution in [2.45, 2.75) is 71.1 Å². The van der Waals surface area contributed by atoms with E-state index in [1.165, 1.54) is 5.56 Å². The fraction of sp³-hybridized carbons (Fsp3) is 0.444. The van der Waals surface area contributed by atoms with Gasteiger partial charge in [0, 0.05) is 17.0 Å². The molecule has 3 atom stereocenters. The molecule has 0 radical (unpaired) electrons. The molecule has 31 heavy (non-hydrogen) atoms. The van der Waals surface area contributed by atoms with Crippen molar-refractivity contribution in [2.24, 2.45) is 5.41 Å². The van der Waals surface area contributed by atoms with Gasteiger partial charge in [0.1, 0.15) is 11.0 Å². The normalized spacial score (nSPS) is 27.4. The first-order valence-electron chi connectivity index (χ1n) is 11.2. The summed E-state index contributed by atoms with van der Waals surface area (Å²) in [5.41, 5.74) is 2.41. The zero-order chi connectivity index (χ0) is 22.2. The summed E-state index contributed by atoms with van der Waals surface area (Å²) in [6, 6.07) is 16.6. The smallest absolute Gasteiger partial charge is 0.318 e. The van der Waals surface area contributed by atoms with Crippen LogP contribution in [0, 0.1) is 19.3 Å². The summed E-state index contributed by atoms with van der Waals surface area (Å²) in [5, 5.41) is 13.5. The predicted octanol–water partition coefficient (Wildman–Crippen LogP) is 5.56. The molecule has 2 aliphatic rings. The summed E-state index contributed by atoms with van der Waals surface area (Å²) in [5.74, 6) is -0.555. The van der Waals surface area contributed by atoms with Gasteiger partial charge in [0.05, 0.1) is 5.52 Å². The Balaban J connectivity index is 1.85. The van der Waals surface area contributed by atoms with E-state index in [1.807, 2.05) is 32.9 Å². The SMILES string of the molecule is Cc1ccc([C@H]2c3c(C)c4ccccc4n3[C@@]3(O)CCC[C@@]23C(=O)OC(C)(C)C)cc1. The lowest BCUT2D eigenvalue weighted by Crippen LogP contribution is -2.51. The molecule has 0 bridgehead atoms. The minimum absolute atomic E-state index is 0.261. The summed E-state index contributed by atoms with van der Waals surface area (Å²) in [7, 11) is 0. The molecule has 2 aromatic carbocycles. The molecule has 5 rings (SSSR count). The molecule has 1 aromatic heterocycles. The van der Waals surface area contributed by atoms with Crippen LogP contribution in [0.3, 0.4) is 0 Å². The summed E-state index contributed by atoms with van der Waals surface area (Å²) in [6.07, 6.45) is 1.93. The number of nitrogens with zero attached hydrogens (tertiary/aromatic N) is 1. The maximum atomic E-state index is 13.9. The molecular formula is C27H31NO3. The molecule has 162 valence electrons. The van der Waals surface area contributed by atoms with Gasteiger partial charge in [-0.05, 0) is 71.1 Å². The number of rotatable bonds is 2. The Kier molecular flexibility index (Phi) is 4.23. The van der Waals surface area contributed by atoms with Gasteiger partial charge >= 0.3 is 5.97 Å². The second-order valence-electron chi connectivity index (χ2n) is 10.3. The highest BCUT2D eigenvalue weighted by Gasteiger charge is 2.71. The zero-order valence-electron chi connectivity index (χ0n) is 19.0. The van der Waals surface area contributed by atoms with Crippen LogP contribution in [-0.4, -0.2) is 21.2 Å². The topological polar surface area (TPSA) is 51.5 Å². The van der Waals surface area contributed by atoms with Gasteiger partial charge in [-0.2, -0.15) is 0 Å². The number of hydrogen-bond donors (Lipinski definition) is 1. The number of benzene rings is 2. The lowest BCUT2D eigenvalue weighted by molar-refractivity contribution is -0.191. The molecule has 0 spiro atoms. The van der Waals surface area contributed by atoms with Crippen LogP contribution < -0.4 is 0 Å². The first kappa shape index (κ1) is 20.3. The number of fused-ring (bicyclic) bond motifs is 5. The lowest BCUT2D eigenvalue weighted by atomic mass is 9.67. The molecule has 3 aromatic rings. The van der Waals surface area contributed by atoms with E-state index in [2.05, 4.69) is 54.8 Å². The largest absolute Gasteiger partial charge is 0.459 e. The number of aryl methyl sites for hydroxylation is 2. The van der Waals surface area contributed by atoms with Crippen molar-refractivity contribution in [1.82, 2.24) is 4.57 Å². The molecule has 4 nitrogen and oxygen atoms in total. The Morgan fingerprint density at radius 1 is 1.06 bits per heavy atom. The number of ether oxygens (including phenoxy) is 1. The fourth-order valence-corrected chi connectivity index (χ4v) is 6.08. The highest BCUT2D eigenvalue weighted by molar-refractivity contribution is 5.90. The molecule has 0 amide bonds. The molecule has 4 heteroatoms. The second kappa shape index (κ2) is 6.46. The summed E-state index contributed by atoms with van der Waals surface area (Å²) < 4.78 is 8.08. The third kappa shape index (κ3) is 2.61. The van der Waals surface area contributed by atoms with Crippen molar-refractivity contribution in [2.75, 3.05) is 0 Å². The summed E-state index contributed by atoms with van der Waals surface area (Å²) >= 11 is 0. The molecule has 1 fully saturated rings. The maximum Gasteiger partial charge on any atom is 0.318 e. The Morgan fingerprint density at radius 2 is 1.74 bits per heavy atom. The minimum atomic E-state index is -1.31. The van der Waals surface area contributed by atoms with Gasteiger partial charge in [0.2, 0.25) is 0 Å². The van der Waals surface area contributed by atoms with Crippen LogP contribution in [0.4, 0.5) is 0 Å². The monoisotopic (exact) mass is 417 g/mol. The third-order valence-corrected chi connectivity index (χ3v) is 7.30. The van der Waals surface area contributed by atoms with Crippen LogP contribution in [0.5, 0.6) is 0 Å². The molecule has 0 saturated heterocycles. The van der Waals surface area contributed by atoms with E-state index < -0.39 is 16.7 Å². The van der Waals surface area contributed by atoms with Crippen LogP contribution in [0.2, 0.25) is 0 Å². The van der Waals surface area contributed by atoms with Crippen LogP contribution in [-0.2, 0) is 15.3 Å². The average molecular weight is 418 g/mol. The van der Waals surface area contributed by atoms with E-state index >= 15 is 0 Å². The van der Waals surface area contributed by atoms with E-state index in [9.17, 15) is 9.90 Å². The number of carbonyl (C=O) groups excluding carboxylic acids is 1. The highest BCUT2D eigenvalue weighted by atomic mass is 16.6. The van der Waals surface area contributed by atoms with Gasteiger partial charge in [0.15, 0.2) is 5.72 Å². The molecule has 1 aliphatic carbocycles. The predicted molar refractivity (Wildman–Crippen MR) is 122 cm³/mol. The van der Waals surface area contributed by atoms with Crippen LogP contribution in [0.15, 0.2) is 48.5 Å². The van der Waals surface area contributed by atoms with Gasteiger partial charge in [-0.3, -0.25) is 4.79 Å². The van der Waals surface area contributed by atoms with E-state index in [0.717, 1.165) is 34.1 Å². The minimum Gasteiger partial charge on any atom is -0.459 e. The van der Waals surface area contributed by atoms with Crippen molar-refractivity contribution in [3.8, 4) is 0 Å². The number of hydrogen-bond acceptors (Lipinski definition) is 3.